The normalized spacial score (nSPS) is 10.9. The van der Waals surface area contributed by atoms with Gasteiger partial charge in [0.15, 0.2) is 0 Å². The number of hydrogen-bond acceptors (Lipinski definition) is 7. The lowest BCUT2D eigenvalue weighted by atomic mass is 10.0. The molecule has 0 atom stereocenters. The number of nitrogens with zero attached hydrogens (tertiary/aromatic N) is 2. The van der Waals surface area contributed by atoms with E-state index in [1.807, 2.05) is 19.9 Å². The van der Waals surface area contributed by atoms with E-state index in [9.17, 15) is 19.2 Å². The van der Waals surface area contributed by atoms with E-state index in [-0.39, 0.29) is 18.8 Å². The molecule has 0 saturated carbocycles. The Balaban J connectivity index is 2.61. The molecule has 3 amide bonds. The molecule has 0 unspecified atom stereocenters. The summed E-state index contributed by atoms with van der Waals surface area (Å²) in [7, 11) is 1.47. The van der Waals surface area contributed by atoms with Gasteiger partial charge in [0.1, 0.15) is 19.0 Å². The quantitative estimate of drug-likeness (QED) is 0.325. The van der Waals surface area contributed by atoms with Gasteiger partial charge >= 0.3 is 12.1 Å². The van der Waals surface area contributed by atoms with Gasteiger partial charge in [-0.1, -0.05) is 23.3 Å². The van der Waals surface area contributed by atoms with Gasteiger partial charge in [-0.3, -0.25) is 14.4 Å². The summed E-state index contributed by atoms with van der Waals surface area (Å²) >= 11 is 0. The molecule has 0 radical (unpaired) electrons. The van der Waals surface area contributed by atoms with E-state index in [1.54, 1.807) is 58.0 Å². The summed E-state index contributed by atoms with van der Waals surface area (Å²) in [5.74, 6) is -1.41. The van der Waals surface area contributed by atoms with Crippen LogP contribution in [0.1, 0.15) is 65.1 Å². The number of benzene rings is 2. The third-order valence-corrected chi connectivity index (χ3v) is 5.21. The maximum absolute atomic E-state index is 13.9. The summed E-state index contributed by atoms with van der Waals surface area (Å²) < 4.78 is 15.4. The van der Waals surface area contributed by atoms with Gasteiger partial charge in [-0.15, -0.1) is 5.01 Å². The smallest absolute Gasteiger partial charge is 0.436 e. The Morgan fingerprint density at radius 2 is 1.44 bits per heavy atom. The second kappa shape index (κ2) is 11.7. The van der Waals surface area contributed by atoms with Crippen LogP contribution in [0.3, 0.4) is 0 Å². The van der Waals surface area contributed by atoms with Crippen LogP contribution in [0.25, 0.3) is 0 Å². The monoisotopic (exact) mass is 498 g/mol. The minimum atomic E-state index is -1.08. The second-order valence-electron chi connectivity index (χ2n) is 9.37. The van der Waals surface area contributed by atoms with Gasteiger partial charge in [-0.25, -0.2) is 9.80 Å². The van der Waals surface area contributed by atoms with E-state index >= 15 is 0 Å². The molecule has 2 aromatic carbocycles. The number of methoxy groups -OCH3 is 1. The predicted molar refractivity (Wildman–Crippen MR) is 134 cm³/mol. The molecule has 0 aliphatic heterocycles. The predicted octanol–water partition coefficient (Wildman–Crippen LogP) is 4.62. The minimum absolute atomic E-state index is 0.161. The van der Waals surface area contributed by atoms with Crippen LogP contribution in [0, 0.1) is 20.8 Å². The van der Waals surface area contributed by atoms with Crippen LogP contribution in [0.15, 0.2) is 36.4 Å². The summed E-state index contributed by atoms with van der Waals surface area (Å²) in [4.78, 5) is 52.1. The van der Waals surface area contributed by atoms with Gasteiger partial charge in [-0.05, 0) is 65.8 Å². The highest BCUT2D eigenvalue weighted by Crippen LogP contribution is 2.27. The lowest BCUT2D eigenvalue weighted by Gasteiger charge is -2.41. The van der Waals surface area contributed by atoms with Gasteiger partial charge in [-0.2, -0.15) is 0 Å². The Bertz CT molecular complexity index is 1130. The molecule has 0 bridgehead atoms. The van der Waals surface area contributed by atoms with Crippen molar-refractivity contribution >= 4 is 23.9 Å². The molecular weight excluding hydrogens is 464 g/mol. The first-order valence-electron chi connectivity index (χ1n) is 11.5. The molecule has 0 aliphatic rings. The Labute approximate surface area is 211 Å². The highest BCUT2D eigenvalue weighted by Gasteiger charge is 2.41. The molecule has 2 rings (SSSR count). The topological polar surface area (TPSA) is 102 Å². The number of aryl methyl sites for hydroxylation is 2. The number of carbonyl (C=O) groups excluding carboxylic acids is 4. The summed E-state index contributed by atoms with van der Waals surface area (Å²) in [6.45, 7) is 11.3. The summed E-state index contributed by atoms with van der Waals surface area (Å²) in [5.41, 5.74) is 1.68. The third kappa shape index (κ3) is 6.84. The molecule has 0 saturated heterocycles. The summed E-state index contributed by atoms with van der Waals surface area (Å²) in [6, 6.07) is 10.2. The van der Waals surface area contributed by atoms with Gasteiger partial charge in [0, 0.05) is 23.6 Å². The molecule has 0 N–H and O–H groups in total. The van der Waals surface area contributed by atoms with E-state index in [4.69, 9.17) is 14.2 Å². The van der Waals surface area contributed by atoms with Crippen molar-refractivity contribution in [3.63, 3.8) is 0 Å². The third-order valence-electron chi connectivity index (χ3n) is 5.21. The molecule has 0 aliphatic carbocycles. The van der Waals surface area contributed by atoms with Crippen LogP contribution in [0.4, 0.5) is 4.79 Å². The first-order valence-corrected chi connectivity index (χ1v) is 11.5. The largest absolute Gasteiger partial charge is 0.496 e. The fourth-order valence-corrected chi connectivity index (χ4v) is 3.73. The zero-order valence-electron chi connectivity index (χ0n) is 22.1. The first-order chi connectivity index (χ1) is 16.8. The van der Waals surface area contributed by atoms with Crippen molar-refractivity contribution in [2.24, 2.45) is 0 Å². The van der Waals surface area contributed by atoms with Crippen molar-refractivity contribution in [1.82, 2.24) is 10.0 Å². The van der Waals surface area contributed by atoms with Crippen LogP contribution < -0.4 is 4.74 Å². The van der Waals surface area contributed by atoms with E-state index in [1.165, 1.54) is 14.0 Å². The number of hydrazine groups is 1. The number of amides is 3. The van der Waals surface area contributed by atoms with Gasteiger partial charge in [0.25, 0.3) is 11.8 Å². The zero-order chi connectivity index (χ0) is 27.2. The SMILES string of the molecule is COc1cccc(C(=O)N(C(=O)OCCOC(C)=O)N(C(=O)c2cc(C)cc(C)c2)C(C)(C)C)c1C. The highest BCUT2D eigenvalue weighted by molar-refractivity contribution is 6.07. The van der Waals surface area contributed by atoms with Gasteiger partial charge < -0.3 is 14.2 Å². The number of carbonyl (C=O) groups is 4. The number of ether oxygens (including phenoxy) is 3. The van der Waals surface area contributed by atoms with Gasteiger partial charge in [0.05, 0.1) is 12.6 Å². The summed E-state index contributed by atoms with van der Waals surface area (Å²) in [5, 5.41) is 1.80. The van der Waals surface area contributed by atoms with Crippen LogP contribution in [0.2, 0.25) is 0 Å². The maximum Gasteiger partial charge on any atom is 0.436 e. The fourth-order valence-electron chi connectivity index (χ4n) is 3.73. The van der Waals surface area contributed by atoms with E-state index in [2.05, 4.69) is 0 Å². The number of imide groups is 1. The number of esters is 1. The van der Waals surface area contributed by atoms with Crippen molar-refractivity contribution in [2.75, 3.05) is 20.3 Å². The molecule has 0 fully saturated rings. The molecule has 2 aromatic rings. The van der Waals surface area contributed by atoms with Crippen LogP contribution >= 0.6 is 0 Å². The first kappa shape index (κ1) is 28.4. The molecule has 194 valence electrons. The maximum atomic E-state index is 13.9. The number of rotatable bonds is 6. The van der Waals surface area contributed by atoms with Gasteiger partial charge in [0.2, 0.25) is 0 Å². The molecule has 36 heavy (non-hydrogen) atoms. The molecular formula is C27H34N2O7. The Morgan fingerprint density at radius 3 is 1.97 bits per heavy atom. The average Bonchev–Trinajstić information content (AvgIpc) is 2.77. The van der Waals surface area contributed by atoms with Crippen molar-refractivity contribution in [1.29, 1.82) is 0 Å². The molecule has 0 heterocycles. The Hall–Kier alpha value is -3.88. The lowest BCUT2D eigenvalue weighted by Crippen LogP contribution is -2.60. The summed E-state index contributed by atoms with van der Waals surface area (Å²) in [6.07, 6.45) is -1.08. The molecule has 0 aromatic heterocycles. The molecule has 9 heteroatoms. The Kier molecular flexibility index (Phi) is 9.22. The molecule has 9 nitrogen and oxygen atoms in total. The zero-order valence-corrected chi connectivity index (χ0v) is 22.1. The minimum Gasteiger partial charge on any atom is -0.496 e. The lowest BCUT2D eigenvalue weighted by molar-refractivity contribution is -0.142. The second-order valence-corrected chi connectivity index (χ2v) is 9.37. The van der Waals surface area contributed by atoms with E-state index in [0.717, 1.165) is 16.1 Å². The van der Waals surface area contributed by atoms with E-state index < -0.39 is 29.4 Å². The van der Waals surface area contributed by atoms with E-state index in [0.29, 0.717) is 21.9 Å². The van der Waals surface area contributed by atoms with Crippen molar-refractivity contribution in [3.8, 4) is 5.75 Å². The van der Waals surface area contributed by atoms with Crippen LogP contribution in [-0.2, 0) is 14.3 Å². The van der Waals surface area contributed by atoms with Crippen molar-refractivity contribution in [2.45, 2.75) is 54.0 Å². The molecule has 0 spiro atoms. The highest BCUT2D eigenvalue weighted by atomic mass is 16.6. The van der Waals surface area contributed by atoms with Crippen molar-refractivity contribution < 1.29 is 33.4 Å². The van der Waals surface area contributed by atoms with Crippen LogP contribution in [0.5, 0.6) is 5.75 Å². The average molecular weight is 499 g/mol. The fraction of sp³-hybridized carbons (Fsp3) is 0.407. The Morgan fingerprint density at radius 1 is 0.861 bits per heavy atom. The van der Waals surface area contributed by atoms with Crippen molar-refractivity contribution in [3.05, 3.63) is 64.2 Å². The standard InChI is InChI=1S/C27H34N2O7/c1-17-14-18(2)16-21(15-17)24(31)29(27(5,6)7)28(26(33)36-13-12-35-20(4)30)25(32)22-10-9-11-23(34-8)19(22)3/h9-11,14-16H,12-13H2,1-8H3. The van der Waals surface area contributed by atoms with Crippen LogP contribution in [-0.4, -0.2) is 59.8 Å². The number of hydrogen-bond donors (Lipinski definition) is 0.